The Bertz CT molecular complexity index is 7290. The van der Waals surface area contributed by atoms with Gasteiger partial charge in [-0.2, -0.15) is 35.1 Å². The molecule has 35 nitrogen and oxygen atoms in total. The maximum Gasteiger partial charge on any atom is 0.416 e. The van der Waals surface area contributed by atoms with Gasteiger partial charge in [0, 0.05) is 128 Å². The van der Waals surface area contributed by atoms with Gasteiger partial charge in [-0.1, -0.05) is 58.0 Å². The van der Waals surface area contributed by atoms with Crippen LogP contribution in [0.5, 0.6) is 0 Å². The number of pyridine rings is 8. The third-order valence-electron chi connectivity index (χ3n) is 24.7. The summed E-state index contributed by atoms with van der Waals surface area (Å²) in [6.07, 6.45) is 8.69. The molecule has 4 amide bonds. The summed E-state index contributed by atoms with van der Waals surface area (Å²) >= 11 is 0. The number of sulfonamides is 4. The summed E-state index contributed by atoms with van der Waals surface area (Å²) in [5, 5.41) is 6.41. The average Bonchev–Trinajstić information content (AvgIpc) is 1.65. The lowest BCUT2D eigenvalue weighted by molar-refractivity contribution is -0.137. The van der Waals surface area contributed by atoms with E-state index in [-0.39, 0.29) is 112 Å². The number of rotatable bonds is 23. The van der Waals surface area contributed by atoms with E-state index < -0.39 is 97.7 Å². The van der Waals surface area contributed by atoms with Crippen molar-refractivity contribution in [2.75, 3.05) is 87.3 Å². The molecule has 143 heavy (non-hydrogen) atoms. The molecule has 12 aromatic rings. The van der Waals surface area contributed by atoms with Crippen LogP contribution < -0.4 is 65.9 Å². The fraction of sp³-hybridized carbons (Fsp3) is 0.343. The third-order valence-corrected chi connectivity index (χ3v) is 29.9. The van der Waals surface area contributed by atoms with Gasteiger partial charge in [-0.05, 0) is 264 Å². The fourth-order valence-corrected chi connectivity index (χ4v) is 22.3. The Kier molecular flexibility index (Phi) is 30.8. The summed E-state index contributed by atoms with van der Waals surface area (Å²) < 4.78 is 180. The Hall–Kier alpha value is -14.4. The van der Waals surface area contributed by atoms with Gasteiger partial charge in [0.1, 0.15) is 56.3 Å². The molecule has 13 heterocycles. The van der Waals surface area contributed by atoms with Crippen molar-refractivity contribution < 1.29 is 74.8 Å². The van der Waals surface area contributed by atoms with Crippen LogP contribution in [-0.2, 0) is 46.3 Å². The van der Waals surface area contributed by atoms with Gasteiger partial charge in [-0.3, -0.25) is 23.9 Å². The van der Waals surface area contributed by atoms with E-state index in [0.717, 1.165) is 60.7 Å². The summed E-state index contributed by atoms with van der Waals surface area (Å²) in [5.74, 6) is -2.87. The second kappa shape index (κ2) is 41.6. The number of hydrogen-bond donors (Lipinski definition) is 8. The van der Waals surface area contributed by atoms with Gasteiger partial charge < -0.3 is 47.0 Å². The van der Waals surface area contributed by atoms with Gasteiger partial charge in [0.05, 0.1) is 45.4 Å². The highest BCUT2D eigenvalue weighted by Gasteiger charge is 2.45. The van der Waals surface area contributed by atoms with E-state index in [9.17, 15) is 74.8 Å². The van der Waals surface area contributed by atoms with Crippen LogP contribution in [0.3, 0.4) is 0 Å². The zero-order valence-corrected chi connectivity index (χ0v) is 84.8. The number of alkyl halides is 3. The lowest BCUT2D eigenvalue weighted by Gasteiger charge is -2.34. The first-order chi connectivity index (χ1) is 66.9. The highest BCUT2D eigenvalue weighted by molar-refractivity contribution is 7.91. The topological polar surface area (TPSA) is 480 Å². The van der Waals surface area contributed by atoms with Crippen molar-refractivity contribution in [2.24, 2.45) is 23.7 Å². The maximum absolute atomic E-state index is 14.5. The molecule has 0 aliphatic carbocycles. The highest BCUT2D eigenvalue weighted by atomic mass is 32.2. The molecular weight excluding hydrogens is 1930 g/mol. The van der Waals surface area contributed by atoms with E-state index in [1.165, 1.54) is 116 Å². The molecule has 4 aliphatic heterocycles. The van der Waals surface area contributed by atoms with Gasteiger partial charge >= 0.3 is 6.18 Å². The summed E-state index contributed by atoms with van der Waals surface area (Å²) in [5.41, 5.74) is 19.9. The summed E-state index contributed by atoms with van der Waals surface area (Å²) in [6, 6.07) is 40.5. The van der Waals surface area contributed by atoms with E-state index >= 15 is 0 Å². The number of nitrogen functional groups attached to an aromatic ring is 3. The molecule has 4 aliphatic rings. The van der Waals surface area contributed by atoms with Gasteiger partial charge in [0.25, 0.3) is 63.7 Å². The predicted molar refractivity (Wildman–Crippen MR) is 538 cm³/mol. The Morgan fingerprint density at radius 2 is 0.867 bits per heavy atom. The molecule has 0 bridgehead atoms. The minimum absolute atomic E-state index is 0.0289. The number of nitrogens with zero attached hydrogens (tertiary/aromatic N) is 15. The molecule has 44 heteroatoms. The number of hydrogen-bond acceptors (Lipinski definition) is 30. The van der Waals surface area contributed by atoms with Crippen LogP contribution in [0.4, 0.5) is 79.9 Å². The first kappa shape index (κ1) is 106. The number of carbonyl (C=O) groups excluding carboxylic acids is 4. The normalized spacial score (nSPS) is 17.4. The molecule has 4 atom stereocenters. The summed E-state index contributed by atoms with van der Waals surface area (Å²) in [4.78, 5) is 96.5. The van der Waals surface area contributed by atoms with Crippen molar-refractivity contribution in [3.63, 3.8) is 0 Å². The second-order valence-corrected chi connectivity index (χ2v) is 45.4. The van der Waals surface area contributed by atoms with Gasteiger partial charge in [-0.25, -0.2) is 84.4 Å². The third kappa shape index (κ3) is 24.5. The van der Waals surface area contributed by atoms with Crippen LogP contribution in [-0.4, -0.2) is 169 Å². The monoisotopic (exact) mass is 2040 g/mol. The second-order valence-electron chi connectivity index (χ2n) is 38.9. The van der Waals surface area contributed by atoms with E-state index in [2.05, 4.69) is 118 Å². The largest absolute Gasteiger partial charge is 0.416 e. The standard InChI is InChI=1S/C26H32N6O3S.C25H26F3N5O3S.C24H25F2N5O3S.C24H31N7O3S/c1-17-14-26(2,3)32(16-17)24-21(25(33)30-36(34,35)23-8-6-7-22(27)29-23)13-19(15-28-24)18-9-11-20(12-10-18)31(4)5;1-16-14-24(2,3)33(15-16)22-19(6-5-13-29-22)23(34)32-37(35,36)21-8-4-7-20(31-21)30-18-11-9-17(10-12-18)25(26,27)28;1-14-12-24(2,3)31(13-14)22-16(9-10-18(29-22)15-6-4-7-17(25)20(15)26)23(32)30-35(33,34)19-8-5-11-28-21(19)27;1-15(2)31-14-17(12-27-31)19-9-8-18(22(28-19)30-13-16(3)11-24(30,4)5)23(32)29-35(33,34)20-7-6-10-26-21(20)25/h6-13,15,17H,14,16H2,1-5H3,(H2,27,29)(H,30,33);4-13,16H,14-15H2,1-3H3,(H,30,31)(H,32,34);4-11,14H,12-13H2,1-3H3,(H2,27,28)(H,30,32);6-10,12,14-16H,11,13H2,1-5H3,(H2,25,26)(H,29,32)/t;;14-;16-/m..00/s1. The SMILES string of the molecule is CC(C)n1cc(-c2ccc(C(=O)NS(=O)(=O)c3cccnc3N)c(N3C[C@@H](C)CC3(C)C)n2)cn1.CC1CN(c2ncc(-c3ccc(N(C)C)cc3)cc2C(=O)NS(=O)(=O)c2cccc(N)n2)C(C)(C)C1.CC1CN(c2ncccc2C(=O)NS(=O)(=O)c2cccc(Nc3ccc(C(F)(F)F)cc3)n2)C(C)(C)C1.C[C@@H]1CN(c2nc(-c3cccc(F)c3F)ccc2C(=O)NS(=O)(=O)c2cccnc2N)C(C)(C)C1. The molecule has 9 aromatic heterocycles. The molecule has 3 aromatic carbocycles. The Balaban J connectivity index is 0.000000160. The molecule has 4 saturated heterocycles. The number of aromatic nitrogens is 10. The molecule has 4 fully saturated rings. The maximum atomic E-state index is 14.5. The van der Waals surface area contributed by atoms with Crippen LogP contribution >= 0.6 is 0 Å². The minimum Gasteiger partial charge on any atom is -0.384 e. The zero-order valence-electron chi connectivity index (χ0n) is 81.5. The number of benzene rings is 3. The van der Waals surface area contributed by atoms with Gasteiger partial charge in [-0.15, -0.1) is 0 Å². The lowest BCUT2D eigenvalue weighted by atomic mass is 9.97. The average molecular weight is 2040 g/mol. The van der Waals surface area contributed by atoms with Crippen LogP contribution in [0, 0.1) is 35.3 Å². The van der Waals surface area contributed by atoms with E-state index in [1.54, 1.807) is 42.9 Å². The summed E-state index contributed by atoms with van der Waals surface area (Å²) in [6.45, 7) is 31.6. The van der Waals surface area contributed by atoms with Crippen LogP contribution in [0.1, 0.15) is 176 Å². The number of nitrogens with two attached hydrogens (primary N) is 3. The van der Waals surface area contributed by atoms with E-state index in [1.807, 2.05) is 117 Å². The van der Waals surface area contributed by atoms with E-state index in [0.29, 0.717) is 72.6 Å². The number of carbonyl (C=O) groups is 4. The van der Waals surface area contributed by atoms with Crippen molar-refractivity contribution >= 4 is 122 Å². The fourth-order valence-electron chi connectivity index (χ4n) is 18.3. The molecule has 0 saturated carbocycles. The Morgan fingerprint density at radius 1 is 0.441 bits per heavy atom. The molecular formula is C99H114F5N23O12S4. The van der Waals surface area contributed by atoms with Crippen molar-refractivity contribution in [3.05, 3.63) is 246 Å². The number of halogens is 5. The van der Waals surface area contributed by atoms with Gasteiger partial charge in [0.15, 0.2) is 21.7 Å². The Morgan fingerprint density at radius 3 is 1.32 bits per heavy atom. The molecule has 756 valence electrons. The number of nitrogens with one attached hydrogen (secondary N) is 5. The first-order valence-electron chi connectivity index (χ1n) is 45.6. The molecule has 2 unspecified atom stereocenters. The molecule has 0 spiro atoms. The summed E-state index contributed by atoms with van der Waals surface area (Å²) in [7, 11) is -13.3. The smallest absolute Gasteiger partial charge is 0.384 e. The highest BCUT2D eigenvalue weighted by Crippen LogP contribution is 2.44. The molecule has 16 rings (SSSR count). The van der Waals surface area contributed by atoms with Crippen molar-refractivity contribution in [2.45, 2.75) is 177 Å². The number of anilines is 10. The van der Waals surface area contributed by atoms with E-state index in [4.69, 9.17) is 22.2 Å². The zero-order chi connectivity index (χ0) is 104. The lowest BCUT2D eigenvalue weighted by Crippen LogP contribution is -2.41. The number of amides is 4. The molecule has 11 N–H and O–H groups in total. The van der Waals surface area contributed by atoms with Gasteiger partial charge in [0.2, 0.25) is 0 Å². The Labute approximate surface area is 827 Å². The van der Waals surface area contributed by atoms with Crippen LogP contribution in [0.2, 0.25) is 0 Å². The van der Waals surface area contributed by atoms with Crippen molar-refractivity contribution in [1.29, 1.82) is 0 Å². The van der Waals surface area contributed by atoms with Crippen LogP contribution in [0.15, 0.2) is 227 Å². The van der Waals surface area contributed by atoms with Crippen molar-refractivity contribution in [3.8, 4) is 33.6 Å². The van der Waals surface area contributed by atoms with Crippen molar-refractivity contribution in [1.82, 2.24) is 68.5 Å². The predicted octanol–water partition coefficient (Wildman–Crippen LogP) is 15.5. The van der Waals surface area contributed by atoms with Crippen LogP contribution in [0.25, 0.3) is 33.6 Å². The first-order valence-corrected chi connectivity index (χ1v) is 51.5. The quantitative estimate of drug-likeness (QED) is 0.0276. The minimum atomic E-state index is -4.47. The molecule has 0 radical (unpaired) electrons.